The molecule has 0 saturated heterocycles. The lowest BCUT2D eigenvalue weighted by molar-refractivity contribution is -0.0531. The smallest absolute Gasteiger partial charge is 0.285 e. The Morgan fingerprint density at radius 3 is 2.00 bits per heavy atom. The van der Waals surface area contributed by atoms with Crippen LogP contribution in [0.1, 0.15) is 44.1 Å². The Labute approximate surface area is 125 Å². The monoisotopic (exact) mass is 291 g/mol. The van der Waals surface area contributed by atoms with Crippen LogP contribution >= 0.6 is 0 Å². The normalized spacial score (nSPS) is 37.9. The molecule has 114 valence electrons. The lowest BCUT2D eigenvalue weighted by Crippen LogP contribution is -2.59. The van der Waals surface area contributed by atoms with Gasteiger partial charge in [0, 0.05) is 11.1 Å². The number of halogens is 2. The zero-order chi connectivity index (χ0) is 14.5. The number of hydrogen-bond acceptors (Lipinski definition) is 1. The maximum atomic E-state index is 14.4. The van der Waals surface area contributed by atoms with E-state index in [0.717, 1.165) is 37.0 Å². The minimum atomic E-state index is -2.77. The molecule has 0 amide bonds. The van der Waals surface area contributed by atoms with Gasteiger partial charge >= 0.3 is 0 Å². The van der Waals surface area contributed by atoms with Crippen LogP contribution in [0.25, 0.3) is 0 Å². The number of benzene rings is 1. The van der Waals surface area contributed by atoms with E-state index in [1.54, 1.807) is 18.2 Å². The van der Waals surface area contributed by atoms with Crippen LogP contribution in [0.5, 0.6) is 0 Å². The molecular formula is C18H23F2N. The second kappa shape index (κ2) is 4.77. The summed E-state index contributed by atoms with van der Waals surface area (Å²) >= 11 is 0. The van der Waals surface area contributed by atoms with Crippen molar-refractivity contribution in [3.63, 3.8) is 0 Å². The second-order valence-corrected chi connectivity index (χ2v) is 7.62. The average molecular weight is 291 g/mol. The maximum Gasteiger partial charge on any atom is 0.285 e. The van der Waals surface area contributed by atoms with Crippen LogP contribution in [0.2, 0.25) is 0 Å². The number of alkyl halides is 2. The molecular weight excluding hydrogens is 268 g/mol. The van der Waals surface area contributed by atoms with Crippen molar-refractivity contribution in [1.82, 2.24) is 5.32 Å². The molecule has 4 fully saturated rings. The molecule has 0 unspecified atom stereocenters. The minimum Gasteiger partial charge on any atom is -0.305 e. The lowest BCUT2D eigenvalue weighted by Gasteiger charge is -2.57. The molecule has 0 atom stereocenters. The molecule has 5 rings (SSSR count). The highest BCUT2D eigenvalue weighted by Crippen LogP contribution is 2.55. The summed E-state index contributed by atoms with van der Waals surface area (Å²) < 4.78 is 28.8. The molecule has 0 radical (unpaired) electrons. The van der Waals surface area contributed by atoms with Crippen molar-refractivity contribution < 1.29 is 8.78 Å². The van der Waals surface area contributed by atoms with E-state index < -0.39 is 5.92 Å². The molecule has 1 aromatic rings. The van der Waals surface area contributed by atoms with Gasteiger partial charge in [0.15, 0.2) is 0 Å². The third-order valence-electron chi connectivity index (χ3n) is 5.92. The molecule has 4 aliphatic rings. The fourth-order valence-electron chi connectivity index (χ4n) is 5.41. The van der Waals surface area contributed by atoms with Crippen LogP contribution in [0.15, 0.2) is 30.3 Å². The van der Waals surface area contributed by atoms with E-state index in [0.29, 0.717) is 0 Å². The fraction of sp³-hybridized carbons (Fsp3) is 0.667. The van der Waals surface area contributed by atoms with Crippen molar-refractivity contribution in [3.05, 3.63) is 35.9 Å². The zero-order valence-corrected chi connectivity index (χ0v) is 12.3. The van der Waals surface area contributed by atoms with Crippen molar-refractivity contribution in [1.29, 1.82) is 0 Å². The standard InChI is InChI=1S/C18H23F2N/c19-18(20,16-4-2-1-3-5-16)12-21-17-9-13-6-14(10-17)8-15(7-13)11-17/h1-5,13-15,21H,6-12H2. The molecule has 21 heavy (non-hydrogen) atoms. The summed E-state index contributed by atoms with van der Waals surface area (Å²) in [7, 11) is 0. The SMILES string of the molecule is FC(F)(CNC12CC3CC(CC(C3)C1)C2)c1ccccc1. The van der Waals surface area contributed by atoms with Crippen molar-refractivity contribution >= 4 is 0 Å². The van der Waals surface area contributed by atoms with Crippen LogP contribution in [-0.2, 0) is 5.92 Å². The predicted octanol–water partition coefficient (Wildman–Crippen LogP) is 4.34. The van der Waals surface area contributed by atoms with Crippen molar-refractivity contribution in [3.8, 4) is 0 Å². The Kier molecular flexibility index (Phi) is 3.11. The minimum absolute atomic E-state index is 0.00691. The number of rotatable bonds is 4. The molecule has 0 aromatic heterocycles. The topological polar surface area (TPSA) is 12.0 Å². The van der Waals surface area contributed by atoms with Gasteiger partial charge in [-0.25, -0.2) is 0 Å². The van der Waals surface area contributed by atoms with Crippen molar-refractivity contribution in [2.45, 2.75) is 50.0 Å². The van der Waals surface area contributed by atoms with Gasteiger partial charge in [-0.3, -0.25) is 0 Å². The number of hydrogen-bond donors (Lipinski definition) is 1. The van der Waals surface area contributed by atoms with Crippen molar-refractivity contribution in [2.75, 3.05) is 6.54 Å². The summed E-state index contributed by atoms with van der Waals surface area (Å²) in [5, 5.41) is 3.32. The van der Waals surface area contributed by atoms with Gasteiger partial charge in [0.05, 0.1) is 6.54 Å². The Balaban J connectivity index is 1.47. The highest BCUT2D eigenvalue weighted by molar-refractivity contribution is 5.20. The molecule has 1 N–H and O–H groups in total. The fourth-order valence-corrected chi connectivity index (χ4v) is 5.41. The van der Waals surface area contributed by atoms with Crippen molar-refractivity contribution in [2.24, 2.45) is 17.8 Å². The Morgan fingerprint density at radius 2 is 1.48 bits per heavy atom. The highest BCUT2D eigenvalue weighted by atomic mass is 19.3. The van der Waals surface area contributed by atoms with Gasteiger partial charge in [-0.05, 0) is 56.3 Å². The average Bonchev–Trinajstić information content (AvgIpc) is 2.45. The second-order valence-electron chi connectivity index (χ2n) is 7.62. The van der Waals surface area contributed by atoms with E-state index in [1.807, 2.05) is 0 Å². The van der Waals surface area contributed by atoms with Gasteiger partial charge < -0.3 is 5.32 Å². The summed E-state index contributed by atoms with van der Waals surface area (Å²) in [5.41, 5.74) is 0.134. The summed E-state index contributed by atoms with van der Waals surface area (Å²) in [6, 6.07) is 8.22. The Hall–Kier alpha value is -0.960. The first kappa shape index (κ1) is 13.7. The van der Waals surface area contributed by atoms with Gasteiger partial charge in [0.2, 0.25) is 0 Å². The van der Waals surface area contributed by atoms with E-state index in [9.17, 15) is 8.78 Å². The van der Waals surface area contributed by atoms with Gasteiger partial charge in [-0.15, -0.1) is 0 Å². The molecule has 0 aliphatic heterocycles. The summed E-state index contributed by atoms with van der Waals surface area (Å²) in [6.45, 7) is -0.219. The van der Waals surface area contributed by atoms with Crippen LogP contribution in [0, 0.1) is 17.8 Å². The number of nitrogens with one attached hydrogen (secondary N) is 1. The summed E-state index contributed by atoms with van der Waals surface area (Å²) in [5.74, 6) is -0.415. The van der Waals surface area contributed by atoms with E-state index in [-0.39, 0.29) is 17.6 Å². The highest BCUT2D eigenvalue weighted by Gasteiger charge is 2.51. The third kappa shape index (κ3) is 2.50. The molecule has 0 heterocycles. The lowest BCUT2D eigenvalue weighted by atomic mass is 9.53. The van der Waals surface area contributed by atoms with Crippen LogP contribution in [0.3, 0.4) is 0 Å². The van der Waals surface area contributed by atoms with Crippen LogP contribution < -0.4 is 5.32 Å². The Bertz CT molecular complexity index is 476. The van der Waals surface area contributed by atoms with E-state index in [1.165, 1.54) is 31.4 Å². The largest absolute Gasteiger partial charge is 0.305 e. The first-order valence-corrected chi connectivity index (χ1v) is 8.23. The third-order valence-corrected chi connectivity index (χ3v) is 5.92. The Morgan fingerprint density at radius 1 is 0.952 bits per heavy atom. The molecule has 1 aromatic carbocycles. The predicted molar refractivity (Wildman–Crippen MR) is 79.2 cm³/mol. The van der Waals surface area contributed by atoms with Gasteiger partial charge in [0.25, 0.3) is 5.92 Å². The van der Waals surface area contributed by atoms with Crippen LogP contribution in [-0.4, -0.2) is 12.1 Å². The summed E-state index contributed by atoms with van der Waals surface area (Å²) in [4.78, 5) is 0. The first-order valence-electron chi connectivity index (χ1n) is 8.23. The van der Waals surface area contributed by atoms with Gasteiger partial charge in [-0.2, -0.15) is 8.78 Å². The first-order chi connectivity index (χ1) is 10.0. The molecule has 3 heteroatoms. The zero-order valence-electron chi connectivity index (χ0n) is 12.3. The van der Waals surface area contributed by atoms with E-state index >= 15 is 0 Å². The van der Waals surface area contributed by atoms with E-state index in [4.69, 9.17) is 0 Å². The summed E-state index contributed by atoms with van der Waals surface area (Å²) in [6.07, 6.45) is 7.37. The van der Waals surface area contributed by atoms with Gasteiger partial charge in [0.1, 0.15) is 0 Å². The van der Waals surface area contributed by atoms with E-state index in [2.05, 4.69) is 5.32 Å². The molecule has 4 bridgehead atoms. The van der Waals surface area contributed by atoms with Gasteiger partial charge in [-0.1, -0.05) is 30.3 Å². The van der Waals surface area contributed by atoms with Crippen LogP contribution in [0.4, 0.5) is 8.78 Å². The molecule has 4 aliphatic carbocycles. The quantitative estimate of drug-likeness (QED) is 0.870. The molecule has 4 saturated carbocycles. The molecule has 0 spiro atoms. The molecule has 1 nitrogen and oxygen atoms in total. The maximum absolute atomic E-state index is 14.4.